The number of nitrogens with one attached hydrogen (secondary N) is 2. The molecule has 8 heteroatoms. The molecule has 2 N–H and O–H groups in total. The van der Waals surface area contributed by atoms with Gasteiger partial charge in [-0.2, -0.15) is 0 Å². The van der Waals surface area contributed by atoms with Crippen molar-refractivity contribution < 1.29 is 17.4 Å². The first-order valence-electron chi connectivity index (χ1n) is 6.48. The van der Waals surface area contributed by atoms with Gasteiger partial charge in [-0.25, -0.2) is 13.1 Å². The molecular weight excluding hydrogens is 300 g/mol. The summed E-state index contributed by atoms with van der Waals surface area (Å²) in [4.78, 5) is 12.0. The van der Waals surface area contributed by atoms with Crippen LogP contribution in [-0.2, 0) is 25.6 Å². The molecule has 0 saturated carbocycles. The van der Waals surface area contributed by atoms with Crippen molar-refractivity contribution in [2.45, 2.75) is 45.4 Å². The smallest absolute Gasteiger partial charge is 0.238 e. The molecule has 0 saturated heterocycles. The van der Waals surface area contributed by atoms with E-state index in [1.54, 1.807) is 13.8 Å². The zero-order valence-electron chi connectivity index (χ0n) is 13.0. The Balaban J connectivity index is 4.47. The van der Waals surface area contributed by atoms with Crippen molar-refractivity contribution in [1.29, 1.82) is 0 Å². The van der Waals surface area contributed by atoms with Crippen LogP contribution in [0, 0.1) is 5.92 Å². The summed E-state index contributed by atoms with van der Waals surface area (Å²) in [6.45, 7) is 9.38. The molecule has 0 aliphatic heterocycles. The van der Waals surface area contributed by atoms with Crippen molar-refractivity contribution in [2.75, 3.05) is 18.6 Å². The average Bonchev–Trinajstić information content (AvgIpc) is 2.22. The average molecular weight is 326 g/mol. The van der Waals surface area contributed by atoms with Crippen molar-refractivity contribution in [2.24, 2.45) is 5.92 Å². The maximum atomic E-state index is 12.0. The van der Waals surface area contributed by atoms with Gasteiger partial charge in [0.05, 0.1) is 6.26 Å². The SMILES string of the molecule is CC(C)[C@@H](NS(C)(=O)=O)C(=O)NCC[S@@](=O)C(C)(C)C. The van der Waals surface area contributed by atoms with Crippen molar-refractivity contribution in [3.63, 3.8) is 0 Å². The van der Waals surface area contributed by atoms with Gasteiger partial charge in [0.15, 0.2) is 0 Å². The molecule has 6 nitrogen and oxygen atoms in total. The molecule has 1 amide bonds. The lowest BCUT2D eigenvalue weighted by atomic mass is 10.1. The maximum absolute atomic E-state index is 12.0. The molecule has 20 heavy (non-hydrogen) atoms. The highest BCUT2D eigenvalue weighted by atomic mass is 32.2. The molecule has 0 aliphatic rings. The van der Waals surface area contributed by atoms with Crippen LogP contribution in [0.2, 0.25) is 0 Å². The zero-order valence-corrected chi connectivity index (χ0v) is 14.7. The highest BCUT2D eigenvalue weighted by Gasteiger charge is 2.25. The van der Waals surface area contributed by atoms with Crippen LogP contribution < -0.4 is 10.0 Å². The molecule has 0 spiro atoms. The van der Waals surface area contributed by atoms with Gasteiger partial charge in [-0.05, 0) is 26.7 Å². The van der Waals surface area contributed by atoms with E-state index in [0.29, 0.717) is 5.75 Å². The van der Waals surface area contributed by atoms with Gasteiger partial charge in [0.1, 0.15) is 6.04 Å². The number of hydrogen-bond acceptors (Lipinski definition) is 4. The number of carbonyl (C=O) groups excluding carboxylic acids is 1. The van der Waals surface area contributed by atoms with Crippen LogP contribution >= 0.6 is 0 Å². The normalized spacial score (nSPS) is 15.9. The van der Waals surface area contributed by atoms with Gasteiger partial charge in [-0.1, -0.05) is 13.8 Å². The van der Waals surface area contributed by atoms with E-state index in [2.05, 4.69) is 10.0 Å². The lowest BCUT2D eigenvalue weighted by Gasteiger charge is -2.21. The summed E-state index contributed by atoms with van der Waals surface area (Å²) >= 11 is 0. The highest BCUT2D eigenvalue weighted by molar-refractivity contribution is 7.88. The van der Waals surface area contributed by atoms with Gasteiger partial charge in [-0.3, -0.25) is 9.00 Å². The summed E-state index contributed by atoms with van der Waals surface area (Å²) in [7, 11) is -4.50. The fourth-order valence-electron chi connectivity index (χ4n) is 1.41. The molecule has 0 aromatic rings. The van der Waals surface area contributed by atoms with Gasteiger partial charge in [-0.15, -0.1) is 0 Å². The molecule has 0 aromatic carbocycles. The summed E-state index contributed by atoms with van der Waals surface area (Å²) in [6.07, 6.45) is 1.02. The molecule has 0 fully saturated rings. The van der Waals surface area contributed by atoms with Crippen LogP contribution in [-0.4, -0.2) is 47.9 Å². The van der Waals surface area contributed by atoms with Crippen LogP contribution in [0.15, 0.2) is 0 Å². The first kappa shape index (κ1) is 19.5. The second kappa shape index (κ2) is 7.51. The van der Waals surface area contributed by atoms with E-state index in [4.69, 9.17) is 0 Å². The number of sulfonamides is 1. The number of rotatable bonds is 7. The topological polar surface area (TPSA) is 92.3 Å². The molecule has 0 bridgehead atoms. The Morgan fingerprint density at radius 1 is 1.25 bits per heavy atom. The second-order valence-electron chi connectivity index (χ2n) is 6.06. The van der Waals surface area contributed by atoms with Gasteiger partial charge in [0.2, 0.25) is 15.9 Å². The van der Waals surface area contributed by atoms with Gasteiger partial charge in [0, 0.05) is 27.8 Å². The van der Waals surface area contributed by atoms with Crippen LogP contribution in [0.25, 0.3) is 0 Å². The molecule has 0 radical (unpaired) electrons. The fourth-order valence-corrected chi connectivity index (χ4v) is 3.15. The largest absolute Gasteiger partial charge is 0.354 e. The Hall–Kier alpha value is -0.470. The highest BCUT2D eigenvalue weighted by Crippen LogP contribution is 2.10. The summed E-state index contributed by atoms with van der Waals surface area (Å²) in [5, 5.41) is 2.63. The number of amides is 1. The summed E-state index contributed by atoms with van der Waals surface area (Å²) < 4.78 is 36.3. The monoisotopic (exact) mass is 326 g/mol. The lowest BCUT2D eigenvalue weighted by Crippen LogP contribution is -2.50. The van der Waals surface area contributed by atoms with E-state index in [-0.39, 0.29) is 17.2 Å². The molecule has 0 aliphatic carbocycles. The first-order valence-corrected chi connectivity index (χ1v) is 9.69. The number of hydrogen-bond donors (Lipinski definition) is 2. The van der Waals surface area contributed by atoms with Gasteiger partial charge < -0.3 is 5.32 Å². The Morgan fingerprint density at radius 2 is 1.75 bits per heavy atom. The van der Waals surface area contributed by atoms with Crippen LogP contribution in [0.4, 0.5) is 0 Å². The van der Waals surface area contributed by atoms with E-state index < -0.39 is 32.8 Å². The Kier molecular flexibility index (Phi) is 7.34. The molecule has 2 atom stereocenters. The summed E-state index contributed by atoms with van der Waals surface area (Å²) in [6, 6.07) is -0.812. The summed E-state index contributed by atoms with van der Waals surface area (Å²) in [5.41, 5.74) is 0. The minimum absolute atomic E-state index is 0.169. The van der Waals surface area contributed by atoms with Crippen molar-refractivity contribution in [1.82, 2.24) is 10.0 Å². The Bertz CT molecular complexity index is 453. The van der Waals surface area contributed by atoms with Gasteiger partial charge >= 0.3 is 0 Å². The first-order chi connectivity index (χ1) is 8.84. The molecule has 0 unspecified atom stereocenters. The third kappa shape index (κ3) is 7.96. The third-order valence-corrected chi connectivity index (χ3v) is 5.18. The van der Waals surface area contributed by atoms with E-state index >= 15 is 0 Å². The molecule has 0 aromatic heterocycles. The predicted molar refractivity (Wildman–Crippen MR) is 82.4 cm³/mol. The predicted octanol–water partition coefficient (Wildman–Crippen LogP) is 0.224. The van der Waals surface area contributed by atoms with Crippen LogP contribution in [0.5, 0.6) is 0 Å². The molecular formula is C12H26N2O4S2. The summed E-state index contributed by atoms with van der Waals surface area (Å²) in [5.74, 6) is -0.215. The van der Waals surface area contributed by atoms with E-state index in [0.717, 1.165) is 6.26 Å². The second-order valence-corrected chi connectivity index (χ2v) is 10.2. The van der Waals surface area contributed by atoms with E-state index in [1.165, 1.54) is 0 Å². The minimum Gasteiger partial charge on any atom is -0.354 e. The zero-order chi connectivity index (χ0) is 16.1. The molecule has 0 heterocycles. The van der Waals surface area contributed by atoms with Crippen LogP contribution in [0.3, 0.4) is 0 Å². The quantitative estimate of drug-likeness (QED) is 0.700. The standard InChI is InChI=1S/C12H26N2O4S2/c1-9(2)10(14-20(6,17)18)11(15)13-7-8-19(16)12(3,4)5/h9-10,14H,7-8H2,1-6H3,(H,13,15)/t10-,19-/m1/s1. The van der Waals surface area contributed by atoms with Crippen LogP contribution in [0.1, 0.15) is 34.6 Å². The van der Waals surface area contributed by atoms with Crippen molar-refractivity contribution >= 4 is 26.7 Å². The van der Waals surface area contributed by atoms with Gasteiger partial charge in [0.25, 0.3) is 0 Å². The van der Waals surface area contributed by atoms with E-state index in [1.807, 2.05) is 20.8 Å². The van der Waals surface area contributed by atoms with Crippen molar-refractivity contribution in [3.8, 4) is 0 Å². The Labute approximate surface area is 124 Å². The minimum atomic E-state index is -3.45. The number of carbonyl (C=O) groups is 1. The Morgan fingerprint density at radius 3 is 2.10 bits per heavy atom. The fraction of sp³-hybridized carbons (Fsp3) is 0.917. The molecule has 120 valence electrons. The maximum Gasteiger partial charge on any atom is 0.238 e. The molecule has 0 rings (SSSR count). The van der Waals surface area contributed by atoms with Crippen molar-refractivity contribution in [3.05, 3.63) is 0 Å². The van der Waals surface area contributed by atoms with E-state index in [9.17, 15) is 17.4 Å². The third-order valence-electron chi connectivity index (χ3n) is 2.56. The lowest BCUT2D eigenvalue weighted by molar-refractivity contribution is -0.123.